The summed E-state index contributed by atoms with van der Waals surface area (Å²) in [4.78, 5) is 0. The summed E-state index contributed by atoms with van der Waals surface area (Å²) in [5.74, 6) is 3.86. The summed E-state index contributed by atoms with van der Waals surface area (Å²) in [7, 11) is 0. The second kappa shape index (κ2) is 9.39. The zero-order chi connectivity index (χ0) is 12.1. The molecule has 0 nitrogen and oxygen atoms in total. The van der Waals surface area contributed by atoms with E-state index in [0.717, 1.165) is 23.7 Å². The summed E-state index contributed by atoms with van der Waals surface area (Å²) in [6.45, 7) is 7.81. The number of hydrogen-bond acceptors (Lipinski definition) is 0. The van der Waals surface area contributed by atoms with Crippen molar-refractivity contribution in [3.8, 4) is 0 Å². The molecule has 0 radical (unpaired) electrons. The van der Waals surface area contributed by atoms with Gasteiger partial charge in [-0.1, -0.05) is 27.0 Å². The van der Waals surface area contributed by atoms with Crippen LogP contribution in [-0.2, 0) is 0 Å². The van der Waals surface area contributed by atoms with E-state index in [-0.39, 0.29) is 14.9 Å². The molecule has 0 heterocycles. The molecule has 2 fully saturated rings. The van der Waals surface area contributed by atoms with E-state index in [1.807, 2.05) is 0 Å². The summed E-state index contributed by atoms with van der Waals surface area (Å²) in [5, 5.41) is 0. The molecule has 2 saturated carbocycles. The summed E-state index contributed by atoms with van der Waals surface area (Å²) in [6.07, 6.45) is 17.2. The molecule has 0 aliphatic heterocycles. The fourth-order valence-corrected chi connectivity index (χ4v) is 3.98. The predicted octanol–water partition coefficient (Wildman–Crippen LogP) is 6.63. The Morgan fingerprint density at radius 3 is 1.63 bits per heavy atom. The molecule has 2 rings (SSSR count). The third-order valence-corrected chi connectivity index (χ3v) is 5.21. The Morgan fingerprint density at radius 1 is 0.737 bits per heavy atom. The summed E-state index contributed by atoms with van der Waals surface area (Å²) >= 11 is 0. The van der Waals surface area contributed by atoms with Crippen LogP contribution in [-0.4, -0.2) is 0 Å². The van der Waals surface area contributed by atoms with Crippen LogP contribution in [0.15, 0.2) is 25.3 Å². The molecule has 0 saturated heterocycles. The lowest BCUT2D eigenvalue weighted by Crippen LogP contribution is -2.25. The van der Waals surface area contributed by atoms with Gasteiger partial charge in [-0.05, 0) is 81.5 Å². The predicted molar refractivity (Wildman–Crippen MR) is 89.4 cm³/mol. The van der Waals surface area contributed by atoms with Gasteiger partial charge in [0.1, 0.15) is 0 Å². The van der Waals surface area contributed by atoms with Gasteiger partial charge in [0, 0.05) is 0 Å². The van der Waals surface area contributed by atoms with E-state index in [1.54, 1.807) is 0 Å². The van der Waals surface area contributed by atoms with Crippen LogP contribution < -0.4 is 0 Å². The molecule has 2 aliphatic rings. The highest BCUT2D eigenvalue weighted by Gasteiger charge is 2.29. The molecule has 0 N–H and O–H groups in total. The smallest absolute Gasteiger partial charge is 0.0236 e. The van der Waals surface area contributed by atoms with Gasteiger partial charge in [0.05, 0.1) is 0 Å². The van der Waals surface area contributed by atoms with Crippen molar-refractivity contribution in [2.45, 2.75) is 72.6 Å². The Kier molecular flexibility index (Phi) is 9.14. The van der Waals surface area contributed by atoms with Crippen LogP contribution in [0.1, 0.15) is 72.6 Å². The van der Waals surface area contributed by atoms with Gasteiger partial charge in [-0.25, -0.2) is 0 Å². The van der Waals surface area contributed by atoms with Crippen LogP contribution in [0.3, 0.4) is 0 Å². The molecule has 0 amide bonds. The molecule has 0 bridgehead atoms. The average molecular weight is 264 g/mol. The maximum Gasteiger partial charge on any atom is -0.0236 e. The van der Waals surface area contributed by atoms with Crippen molar-refractivity contribution in [2.75, 3.05) is 0 Å². The van der Waals surface area contributed by atoms with Gasteiger partial charge in [-0.3, -0.25) is 0 Å². The molecule has 0 aromatic heterocycles. The lowest BCUT2D eigenvalue weighted by atomic mass is 9.69. The Balaban J connectivity index is 0.00000162. The zero-order valence-electron chi connectivity index (χ0n) is 11.2. The Hall–Kier alpha value is -0.520. The van der Waals surface area contributed by atoms with Gasteiger partial charge in [0.15, 0.2) is 0 Å². The van der Waals surface area contributed by atoms with Gasteiger partial charge in [-0.2, -0.15) is 0 Å². The summed E-state index contributed by atoms with van der Waals surface area (Å²) in [6, 6.07) is 0. The summed E-state index contributed by atoms with van der Waals surface area (Å²) < 4.78 is 0. The lowest BCUT2D eigenvalue weighted by molar-refractivity contribution is 0.156. The third-order valence-electron chi connectivity index (χ3n) is 5.21. The monoisotopic (exact) mass is 264 g/mol. The number of rotatable bonds is 4. The molecule has 0 heteroatoms. The van der Waals surface area contributed by atoms with Gasteiger partial charge in [0.2, 0.25) is 0 Å². The van der Waals surface area contributed by atoms with Crippen LogP contribution in [0, 0.1) is 23.7 Å². The Bertz CT molecular complexity index is 237. The lowest BCUT2D eigenvalue weighted by Gasteiger charge is -2.37. The molecule has 0 spiro atoms. The zero-order valence-corrected chi connectivity index (χ0v) is 11.2. The molecular weight excluding hydrogens is 228 g/mol. The normalized spacial score (nSPS) is 34.5. The third kappa shape index (κ3) is 5.16. The minimum Gasteiger partial charge on any atom is -0.103 e. The second-order valence-electron chi connectivity index (χ2n) is 6.22. The van der Waals surface area contributed by atoms with Crippen LogP contribution in [0.5, 0.6) is 0 Å². The van der Waals surface area contributed by atoms with Crippen LogP contribution in [0.25, 0.3) is 0 Å². The van der Waals surface area contributed by atoms with Gasteiger partial charge >= 0.3 is 0 Å². The minimum absolute atomic E-state index is 0. The van der Waals surface area contributed by atoms with E-state index >= 15 is 0 Å². The minimum atomic E-state index is 0. The first-order valence-electron chi connectivity index (χ1n) is 7.57. The van der Waals surface area contributed by atoms with Gasteiger partial charge < -0.3 is 0 Å². The van der Waals surface area contributed by atoms with E-state index in [4.69, 9.17) is 0 Å². The van der Waals surface area contributed by atoms with E-state index in [2.05, 4.69) is 25.3 Å². The van der Waals surface area contributed by atoms with Crippen molar-refractivity contribution in [2.24, 2.45) is 23.7 Å². The molecule has 0 aromatic carbocycles. The van der Waals surface area contributed by atoms with Crippen molar-refractivity contribution in [3.05, 3.63) is 25.3 Å². The average Bonchev–Trinajstić information content (AvgIpc) is 2.40. The van der Waals surface area contributed by atoms with Crippen LogP contribution in [0.2, 0.25) is 0 Å². The number of allylic oxidation sites excluding steroid dienone is 2. The quantitative estimate of drug-likeness (QED) is 0.500. The largest absolute Gasteiger partial charge is 0.103 e. The standard InChI is InChI=1S/C17H28.2CH4/c1-3-5-15-8-12-17(13-9-15)16-10-6-14(4-2)7-11-16;;/h3-4,14-17H,1-2,5-13H2;2*1H4. The molecular formula is C19H36. The highest BCUT2D eigenvalue weighted by Crippen LogP contribution is 2.42. The highest BCUT2D eigenvalue weighted by atomic mass is 14.3. The van der Waals surface area contributed by atoms with Gasteiger partial charge in [-0.15, -0.1) is 13.2 Å². The van der Waals surface area contributed by atoms with Crippen molar-refractivity contribution in [1.29, 1.82) is 0 Å². The molecule has 0 atom stereocenters. The Morgan fingerprint density at radius 2 is 1.21 bits per heavy atom. The van der Waals surface area contributed by atoms with Gasteiger partial charge in [0.25, 0.3) is 0 Å². The van der Waals surface area contributed by atoms with Crippen molar-refractivity contribution in [3.63, 3.8) is 0 Å². The van der Waals surface area contributed by atoms with Crippen molar-refractivity contribution >= 4 is 0 Å². The molecule has 0 aromatic rings. The van der Waals surface area contributed by atoms with E-state index in [9.17, 15) is 0 Å². The van der Waals surface area contributed by atoms with E-state index in [0.29, 0.717) is 0 Å². The Labute approximate surface area is 122 Å². The maximum absolute atomic E-state index is 3.94. The first kappa shape index (κ1) is 18.5. The maximum atomic E-state index is 3.94. The van der Waals surface area contributed by atoms with E-state index in [1.165, 1.54) is 57.8 Å². The number of hydrogen-bond donors (Lipinski definition) is 0. The molecule has 0 unspecified atom stereocenters. The first-order valence-corrected chi connectivity index (χ1v) is 7.57. The SMILES string of the molecule is C.C.C=CCC1CCC(C2CCC(C=C)CC2)CC1. The summed E-state index contributed by atoms with van der Waals surface area (Å²) in [5.41, 5.74) is 0. The first-order chi connectivity index (χ1) is 8.33. The van der Waals surface area contributed by atoms with Crippen molar-refractivity contribution < 1.29 is 0 Å². The molecule has 112 valence electrons. The second-order valence-corrected chi connectivity index (χ2v) is 6.22. The van der Waals surface area contributed by atoms with Crippen LogP contribution >= 0.6 is 0 Å². The van der Waals surface area contributed by atoms with E-state index < -0.39 is 0 Å². The molecule has 19 heavy (non-hydrogen) atoms. The highest BCUT2D eigenvalue weighted by molar-refractivity contribution is 4.88. The fraction of sp³-hybridized carbons (Fsp3) is 0.789. The molecule has 2 aliphatic carbocycles. The topological polar surface area (TPSA) is 0 Å². The van der Waals surface area contributed by atoms with Crippen molar-refractivity contribution in [1.82, 2.24) is 0 Å². The van der Waals surface area contributed by atoms with Crippen LogP contribution in [0.4, 0.5) is 0 Å². The fourth-order valence-electron chi connectivity index (χ4n) is 3.98.